The molecule has 3 nitrogen and oxygen atoms in total. The highest BCUT2D eigenvalue weighted by Crippen LogP contribution is 2.29. The van der Waals surface area contributed by atoms with Crippen LogP contribution in [0.25, 0.3) is 0 Å². The lowest BCUT2D eigenvalue weighted by atomic mass is 10.2. The molecule has 0 radical (unpaired) electrons. The van der Waals surface area contributed by atoms with Crippen LogP contribution in [-0.4, -0.2) is 18.5 Å². The molecule has 0 atom stereocenters. The molecule has 0 heterocycles. The first-order valence-corrected chi connectivity index (χ1v) is 4.00. The lowest BCUT2D eigenvalue weighted by Gasteiger charge is -2.19. The number of carboxylic acid groups (broad SMARTS) is 1. The maximum Gasteiger partial charge on any atom is 0.461 e. The summed E-state index contributed by atoms with van der Waals surface area (Å²) < 4.78 is 52.2. The first-order chi connectivity index (χ1) is 7.34. The van der Waals surface area contributed by atoms with Crippen LogP contribution in [0.2, 0.25) is 0 Å². The van der Waals surface area contributed by atoms with Crippen molar-refractivity contribution in [3.8, 4) is 5.75 Å². The summed E-state index contributed by atoms with van der Waals surface area (Å²) in [7, 11) is 0. The van der Waals surface area contributed by atoms with Crippen molar-refractivity contribution >= 4 is 5.97 Å². The van der Waals surface area contributed by atoms with Gasteiger partial charge >= 0.3 is 12.5 Å². The van der Waals surface area contributed by atoms with E-state index >= 15 is 0 Å². The van der Waals surface area contributed by atoms with E-state index in [2.05, 4.69) is 4.74 Å². The van der Waals surface area contributed by atoms with Crippen LogP contribution in [0.4, 0.5) is 17.6 Å². The zero-order valence-corrected chi connectivity index (χ0v) is 7.62. The van der Waals surface area contributed by atoms with Crippen molar-refractivity contribution in [3.05, 3.63) is 29.8 Å². The van der Waals surface area contributed by atoms with Gasteiger partial charge in [-0.15, -0.1) is 0 Å². The van der Waals surface area contributed by atoms with Gasteiger partial charge in [0.15, 0.2) is 0 Å². The Morgan fingerprint density at radius 1 is 1.31 bits per heavy atom. The van der Waals surface area contributed by atoms with Crippen molar-refractivity contribution in [2.45, 2.75) is 12.5 Å². The molecular weight excluding hydrogens is 232 g/mol. The number of carboxylic acids is 1. The normalized spacial score (nSPS) is 11.6. The quantitative estimate of drug-likeness (QED) is 0.741. The van der Waals surface area contributed by atoms with Gasteiger partial charge in [-0.25, -0.2) is 0 Å². The van der Waals surface area contributed by atoms with Crippen LogP contribution in [0.3, 0.4) is 0 Å². The molecule has 0 N–H and O–H groups in total. The summed E-state index contributed by atoms with van der Waals surface area (Å²) in [6, 6.07) is 4.13. The van der Waals surface area contributed by atoms with E-state index in [1.54, 1.807) is 0 Å². The molecule has 1 rings (SSSR count). The molecule has 0 aliphatic heterocycles. The topological polar surface area (TPSA) is 49.4 Å². The number of rotatable bonds is 4. The fraction of sp³-hybridized carbons (Fsp3) is 0.222. The highest BCUT2D eigenvalue weighted by molar-refractivity contribution is 5.89. The molecule has 7 heteroatoms. The van der Waals surface area contributed by atoms with E-state index < -0.39 is 29.8 Å². The van der Waals surface area contributed by atoms with Gasteiger partial charge in [0.05, 0.1) is 5.97 Å². The van der Waals surface area contributed by atoms with Gasteiger partial charge in [0.25, 0.3) is 0 Å². The van der Waals surface area contributed by atoms with Crippen molar-refractivity contribution in [1.82, 2.24) is 0 Å². The van der Waals surface area contributed by atoms with Crippen molar-refractivity contribution < 1.29 is 32.2 Å². The second-order valence-electron chi connectivity index (χ2n) is 2.75. The second kappa shape index (κ2) is 4.38. The molecule has 0 unspecified atom stereocenters. The van der Waals surface area contributed by atoms with Gasteiger partial charge in [0, 0.05) is 5.56 Å². The summed E-state index contributed by atoms with van der Waals surface area (Å²) in [5.41, 5.74) is -0.720. The van der Waals surface area contributed by atoms with Crippen LogP contribution in [0.5, 0.6) is 5.75 Å². The van der Waals surface area contributed by atoms with E-state index in [4.69, 9.17) is 0 Å². The van der Waals surface area contributed by atoms with E-state index in [1.807, 2.05) is 0 Å². The Balaban J connectivity index is 3.02. The van der Waals surface area contributed by atoms with Crippen molar-refractivity contribution in [2.75, 3.05) is 0 Å². The number of benzene rings is 1. The summed E-state index contributed by atoms with van der Waals surface area (Å²) in [5.74, 6) is -2.66. The van der Waals surface area contributed by atoms with Crippen LogP contribution < -0.4 is 9.84 Å². The molecule has 0 bridgehead atoms. The standard InChI is InChI=1S/C9H6F4O3/c10-8(11)9(12,13)16-6-4-2-1-3-5(6)7(14)15/h1-4,8H,(H,14,15)/p-1. The number of alkyl halides is 4. The maximum absolute atomic E-state index is 12.5. The van der Waals surface area contributed by atoms with E-state index in [1.165, 1.54) is 12.1 Å². The van der Waals surface area contributed by atoms with Gasteiger partial charge in [0.1, 0.15) is 5.75 Å². The predicted octanol–water partition coefficient (Wildman–Crippen LogP) is 1.29. The third-order valence-electron chi connectivity index (χ3n) is 1.61. The number of carbonyl (C=O) groups excluding carboxylic acids is 1. The number of aromatic carboxylic acids is 1. The fourth-order valence-electron chi connectivity index (χ4n) is 0.915. The van der Waals surface area contributed by atoms with Gasteiger partial charge in [-0.1, -0.05) is 12.1 Å². The van der Waals surface area contributed by atoms with Crippen LogP contribution in [0.1, 0.15) is 10.4 Å². The number of ether oxygens (including phenoxy) is 1. The molecule has 1 aromatic carbocycles. The molecule has 0 fully saturated rings. The van der Waals surface area contributed by atoms with Gasteiger partial charge < -0.3 is 14.6 Å². The zero-order valence-electron chi connectivity index (χ0n) is 7.62. The third-order valence-corrected chi connectivity index (χ3v) is 1.61. The molecule has 16 heavy (non-hydrogen) atoms. The zero-order chi connectivity index (χ0) is 12.3. The lowest BCUT2D eigenvalue weighted by Crippen LogP contribution is -2.34. The predicted molar refractivity (Wildman–Crippen MR) is 42.4 cm³/mol. The van der Waals surface area contributed by atoms with E-state index in [9.17, 15) is 27.5 Å². The summed E-state index contributed by atoms with van der Waals surface area (Å²) >= 11 is 0. The van der Waals surface area contributed by atoms with Gasteiger partial charge in [-0.05, 0) is 12.1 Å². The summed E-state index contributed by atoms with van der Waals surface area (Å²) in [6.45, 7) is 0. The summed E-state index contributed by atoms with van der Waals surface area (Å²) in [4.78, 5) is 10.5. The van der Waals surface area contributed by atoms with Gasteiger partial charge in [-0.2, -0.15) is 17.6 Å². The van der Waals surface area contributed by atoms with E-state index in [-0.39, 0.29) is 0 Å². The highest BCUT2D eigenvalue weighted by Gasteiger charge is 2.44. The molecule has 0 aromatic heterocycles. The van der Waals surface area contributed by atoms with Crippen LogP contribution in [-0.2, 0) is 0 Å². The Hall–Kier alpha value is -1.79. The van der Waals surface area contributed by atoms with Gasteiger partial charge in [-0.3, -0.25) is 0 Å². The van der Waals surface area contributed by atoms with Crippen LogP contribution >= 0.6 is 0 Å². The maximum atomic E-state index is 12.5. The average Bonchev–Trinajstić information content (AvgIpc) is 2.17. The minimum Gasteiger partial charge on any atom is -0.545 e. The van der Waals surface area contributed by atoms with E-state index in [0.717, 1.165) is 12.1 Å². The first-order valence-electron chi connectivity index (χ1n) is 4.00. The highest BCUT2D eigenvalue weighted by atomic mass is 19.3. The van der Waals surface area contributed by atoms with Crippen molar-refractivity contribution in [1.29, 1.82) is 0 Å². The Labute approximate surface area is 87.3 Å². The third kappa shape index (κ3) is 2.62. The lowest BCUT2D eigenvalue weighted by molar-refractivity contribution is -0.259. The number of carbonyl (C=O) groups is 1. The number of para-hydroxylation sites is 1. The van der Waals surface area contributed by atoms with Gasteiger partial charge in [0.2, 0.25) is 0 Å². The average molecular weight is 237 g/mol. The molecule has 1 aromatic rings. The molecule has 0 saturated carbocycles. The first kappa shape index (κ1) is 12.3. The number of halogens is 4. The molecule has 88 valence electrons. The molecule has 0 amide bonds. The van der Waals surface area contributed by atoms with Crippen molar-refractivity contribution in [2.24, 2.45) is 0 Å². The van der Waals surface area contributed by atoms with Crippen LogP contribution in [0.15, 0.2) is 24.3 Å². The Bertz CT molecular complexity index is 392. The van der Waals surface area contributed by atoms with Crippen LogP contribution in [0, 0.1) is 0 Å². The number of hydrogen-bond acceptors (Lipinski definition) is 3. The smallest absolute Gasteiger partial charge is 0.461 e. The molecule has 0 aliphatic rings. The summed E-state index contributed by atoms with van der Waals surface area (Å²) in [5, 5.41) is 10.5. The Morgan fingerprint density at radius 2 is 1.88 bits per heavy atom. The minimum absolute atomic E-state index is 0.720. The second-order valence-corrected chi connectivity index (χ2v) is 2.75. The Kier molecular flexibility index (Phi) is 3.36. The largest absolute Gasteiger partial charge is 0.545 e. The van der Waals surface area contributed by atoms with Crippen molar-refractivity contribution in [3.63, 3.8) is 0 Å². The SMILES string of the molecule is O=C([O-])c1ccccc1OC(F)(F)C(F)F. The molecule has 0 spiro atoms. The fourth-order valence-corrected chi connectivity index (χ4v) is 0.915. The molecular formula is C9H5F4O3-. The molecule has 0 aliphatic carbocycles. The monoisotopic (exact) mass is 237 g/mol. The van der Waals surface area contributed by atoms with E-state index in [0.29, 0.717) is 0 Å². The molecule has 0 saturated heterocycles. The summed E-state index contributed by atoms with van der Waals surface area (Å²) in [6.07, 6.45) is -8.80. The Morgan fingerprint density at radius 3 is 2.38 bits per heavy atom. The minimum atomic E-state index is -4.74. The number of hydrogen-bond donors (Lipinski definition) is 0.